The van der Waals surface area contributed by atoms with Crippen LogP contribution in [0.15, 0.2) is 24.4 Å². The molecule has 1 aromatic carbocycles. The Morgan fingerprint density at radius 2 is 2.00 bits per heavy atom. The third-order valence-electron chi connectivity index (χ3n) is 6.49. The number of nitrogens with one attached hydrogen (secondary N) is 2. The van der Waals surface area contributed by atoms with Gasteiger partial charge in [-0.3, -0.25) is 9.59 Å². The lowest BCUT2D eigenvalue weighted by molar-refractivity contribution is -0.125. The van der Waals surface area contributed by atoms with E-state index in [9.17, 15) is 9.59 Å². The predicted octanol–water partition coefficient (Wildman–Crippen LogP) is 3.49. The first-order chi connectivity index (χ1) is 15.3. The Morgan fingerprint density at radius 3 is 2.69 bits per heavy atom. The molecule has 2 heterocycles. The average Bonchev–Trinajstić information content (AvgIpc) is 3.30. The van der Waals surface area contributed by atoms with Crippen molar-refractivity contribution in [2.75, 3.05) is 30.9 Å². The molecule has 1 fully saturated rings. The Hall–Kier alpha value is -3.16. The minimum absolute atomic E-state index is 0.185. The van der Waals surface area contributed by atoms with Gasteiger partial charge in [-0.05, 0) is 31.0 Å². The van der Waals surface area contributed by atoms with E-state index in [0.717, 1.165) is 24.2 Å². The first-order valence-electron chi connectivity index (χ1n) is 11.2. The summed E-state index contributed by atoms with van der Waals surface area (Å²) in [5, 5.41) is 5.84. The molecule has 1 aliphatic carbocycles. The number of Topliss-reactive ketones (excluding diaryl/α,β-unsaturated/α-hetero) is 1. The van der Waals surface area contributed by atoms with Gasteiger partial charge in [0.05, 0.1) is 12.8 Å². The van der Waals surface area contributed by atoms with Gasteiger partial charge >= 0.3 is 0 Å². The van der Waals surface area contributed by atoms with Crippen LogP contribution in [0.4, 0.5) is 17.5 Å². The quantitative estimate of drug-likeness (QED) is 0.739. The highest BCUT2D eigenvalue weighted by Crippen LogP contribution is 2.37. The van der Waals surface area contributed by atoms with E-state index < -0.39 is 5.41 Å². The highest BCUT2D eigenvalue weighted by Gasteiger charge is 2.38. The SMILES string of the molecule is CNC(=O)c1ccc(Nc2ncc3c(n2)N(C2CCCC2)CC(C)(C)C(=O)C3)c(OC)c1. The van der Waals surface area contributed by atoms with Crippen LogP contribution in [0.1, 0.15) is 55.5 Å². The molecule has 2 aromatic rings. The van der Waals surface area contributed by atoms with Gasteiger partial charge < -0.3 is 20.3 Å². The fourth-order valence-electron chi connectivity index (χ4n) is 4.55. The Kier molecular flexibility index (Phi) is 6.04. The van der Waals surface area contributed by atoms with Gasteiger partial charge in [-0.15, -0.1) is 0 Å². The predicted molar refractivity (Wildman–Crippen MR) is 124 cm³/mol. The van der Waals surface area contributed by atoms with Crippen LogP contribution in [0.2, 0.25) is 0 Å². The maximum absolute atomic E-state index is 12.9. The monoisotopic (exact) mass is 437 g/mol. The van der Waals surface area contributed by atoms with Gasteiger partial charge in [0.15, 0.2) is 0 Å². The summed E-state index contributed by atoms with van der Waals surface area (Å²) in [5.41, 5.74) is 1.61. The van der Waals surface area contributed by atoms with Gasteiger partial charge in [0, 0.05) is 48.8 Å². The van der Waals surface area contributed by atoms with Crippen molar-refractivity contribution in [1.82, 2.24) is 15.3 Å². The third kappa shape index (κ3) is 4.26. The number of amides is 1. The number of anilines is 3. The number of carbonyl (C=O) groups is 2. The van der Waals surface area contributed by atoms with Gasteiger partial charge in [-0.2, -0.15) is 4.98 Å². The highest BCUT2D eigenvalue weighted by atomic mass is 16.5. The molecule has 8 nitrogen and oxygen atoms in total. The minimum Gasteiger partial charge on any atom is -0.495 e. The maximum Gasteiger partial charge on any atom is 0.251 e. The Morgan fingerprint density at radius 1 is 1.25 bits per heavy atom. The fourth-order valence-corrected chi connectivity index (χ4v) is 4.55. The lowest BCUT2D eigenvalue weighted by Gasteiger charge is -2.34. The summed E-state index contributed by atoms with van der Waals surface area (Å²) in [5.74, 6) is 1.83. The zero-order valence-corrected chi connectivity index (χ0v) is 19.2. The molecule has 8 heteroatoms. The van der Waals surface area contributed by atoms with E-state index in [-0.39, 0.29) is 11.7 Å². The van der Waals surface area contributed by atoms with Crippen molar-refractivity contribution < 1.29 is 14.3 Å². The number of hydrogen-bond donors (Lipinski definition) is 2. The first-order valence-corrected chi connectivity index (χ1v) is 11.2. The number of aromatic nitrogens is 2. The van der Waals surface area contributed by atoms with Crippen molar-refractivity contribution in [2.24, 2.45) is 5.41 Å². The molecule has 0 saturated heterocycles. The van der Waals surface area contributed by atoms with Gasteiger partial charge in [-0.1, -0.05) is 26.7 Å². The third-order valence-corrected chi connectivity index (χ3v) is 6.49. The molecule has 0 spiro atoms. The molecule has 1 aliphatic heterocycles. The molecule has 0 bridgehead atoms. The van der Waals surface area contributed by atoms with E-state index in [4.69, 9.17) is 9.72 Å². The van der Waals surface area contributed by atoms with Crippen molar-refractivity contribution in [3.8, 4) is 5.75 Å². The second kappa shape index (κ2) is 8.76. The number of nitrogens with zero attached hydrogens (tertiary/aromatic N) is 3. The Labute approximate surface area is 188 Å². The van der Waals surface area contributed by atoms with Crippen molar-refractivity contribution in [2.45, 2.75) is 52.0 Å². The van der Waals surface area contributed by atoms with Gasteiger partial charge in [0.2, 0.25) is 5.95 Å². The van der Waals surface area contributed by atoms with Gasteiger partial charge in [-0.25, -0.2) is 4.98 Å². The average molecular weight is 438 g/mol. The molecular formula is C24H31N5O3. The molecule has 0 atom stereocenters. The first kappa shape index (κ1) is 22.0. The molecule has 170 valence electrons. The summed E-state index contributed by atoms with van der Waals surface area (Å²) in [6.07, 6.45) is 6.75. The Balaban J connectivity index is 1.68. The molecule has 1 aromatic heterocycles. The number of methoxy groups -OCH3 is 1. The van der Waals surface area contributed by atoms with E-state index in [2.05, 4.69) is 20.5 Å². The van der Waals surface area contributed by atoms with E-state index >= 15 is 0 Å². The number of carbonyl (C=O) groups excluding carboxylic acids is 2. The largest absolute Gasteiger partial charge is 0.495 e. The molecule has 4 rings (SSSR count). The van der Waals surface area contributed by atoms with E-state index in [1.165, 1.54) is 12.8 Å². The highest BCUT2D eigenvalue weighted by molar-refractivity contribution is 5.95. The zero-order valence-electron chi connectivity index (χ0n) is 19.2. The molecular weight excluding hydrogens is 406 g/mol. The van der Waals surface area contributed by atoms with Crippen LogP contribution in [0.25, 0.3) is 0 Å². The summed E-state index contributed by atoms with van der Waals surface area (Å²) in [6.45, 7) is 4.70. The van der Waals surface area contributed by atoms with Gasteiger partial charge in [0.1, 0.15) is 17.4 Å². The van der Waals surface area contributed by atoms with E-state index in [0.29, 0.717) is 42.0 Å². The molecule has 32 heavy (non-hydrogen) atoms. The van der Waals surface area contributed by atoms with Crippen molar-refractivity contribution >= 4 is 29.1 Å². The number of ketones is 1. The molecule has 0 radical (unpaired) electrons. The summed E-state index contributed by atoms with van der Waals surface area (Å²) in [7, 11) is 3.15. The summed E-state index contributed by atoms with van der Waals surface area (Å²) in [4.78, 5) is 36.5. The number of benzene rings is 1. The van der Waals surface area contributed by atoms with Crippen LogP contribution in [-0.2, 0) is 11.2 Å². The summed E-state index contributed by atoms with van der Waals surface area (Å²) < 4.78 is 5.48. The second-order valence-electron chi connectivity index (χ2n) is 9.21. The van der Waals surface area contributed by atoms with Gasteiger partial charge in [0.25, 0.3) is 5.91 Å². The van der Waals surface area contributed by atoms with Crippen molar-refractivity contribution in [3.05, 3.63) is 35.5 Å². The summed E-state index contributed by atoms with van der Waals surface area (Å²) in [6, 6.07) is 5.57. The fraction of sp³-hybridized carbons (Fsp3) is 0.500. The van der Waals surface area contributed by atoms with Crippen molar-refractivity contribution in [1.29, 1.82) is 0 Å². The minimum atomic E-state index is -0.435. The van der Waals surface area contributed by atoms with Crippen LogP contribution in [0.5, 0.6) is 5.75 Å². The number of ether oxygens (including phenoxy) is 1. The molecule has 2 aliphatic rings. The molecule has 0 unspecified atom stereocenters. The normalized spacial score (nSPS) is 18.1. The van der Waals surface area contributed by atoms with Crippen LogP contribution in [-0.4, -0.2) is 48.4 Å². The second-order valence-corrected chi connectivity index (χ2v) is 9.21. The molecule has 1 saturated carbocycles. The summed E-state index contributed by atoms with van der Waals surface area (Å²) >= 11 is 0. The standard InChI is InChI=1S/C24H31N5O3/c1-24(2)14-29(17-7-5-6-8-17)21-16(12-20(24)30)13-26-23(28-21)27-18-10-9-15(22(31)25-3)11-19(18)32-4/h9-11,13,17H,5-8,12,14H2,1-4H3,(H,25,31)(H,26,27,28). The van der Waals surface area contributed by atoms with E-state index in [1.807, 2.05) is 13.8 Å². The van der Waals surface area contributed by atoms with Crippen LogP contribution >= 0.6 is 0 Å². The van der Waals surface area contributed by atoms with Crippen molar-refractivity contribution in [3.63, 3.8) is 0 Å². The number of rotatable bonds is 5. The smallest absolute Gasteiger partial charge is 0.251 e. The Bertz CT molecular complexity index is 1030. The number of fused-ring (bicyclic) bond motifs is 1. The zero-order chi connectivity index (χ0) is 22.9. The van der Waals surface area contributed by atoms with Crippen LogP contribution in [0, 0.1) is 5.41 Å². The topological polar surface area (TPSA) is 96.5 Å². The van der Waals surface area contributed by atoms with E-state index in [1.54, 1.807) is 38.6 Å². The number of hydrogen-bond acceptors (Lipinski definition) is 7. The lowest BCUT2D eigenvalue weighted by Crippen LogP contribution is -2.42. The molecule has 1 amide bonds. The van der Waals surface area contributed by atoms with Crippen LogP contribution in [0.3, 0.4) is 0 Å². The van der Waals surface area contributed by atoms with Crippen LogP contribution < -0.4 is 20.3 Å². The lowest BCUT2D eigenvalue weighted by atomic mass is 9.86. The maximum atomic E-state index is 12.9. The molecule has 2 N–H and O–H groups in total.